The van der Waals surface area contributed by atoms with Gasteiger partial charge in [-0.1, -0.05) is 46.3 Å². The van der Waals surface area contributed by atoms with E-state index >= 15 is 0 Å². The number of hydrogen-bond donors (Lipinski definition) is 0. The zero-order valence-electron chi connectivity index (χ0n) is 10.3. The zero-order chi connectivity index (χ0) is 14.7. The Kier molecular flexibility index (Phi) is 4.79. The maximum atomic E-state index is 13.2. The molecule has 0 N–H and O–H groups in total. The Hall–Kier alpha value is -1.30. The molecular formula is C13H12BrF3O2. The molecule has 6 heteroatoms. The number of benzene rings is 1. The summed E-state index contributed by atoms with van der Waals surface area (Å²) in [7, 11) is 0. The van der Waals surface area contributed by atoms with Gasteiger partial charge in [-0.2, -0.15) is 13.2 Å². The highest BCUT2D eigenvalue weighted by Crippen LogP contribution is 2.42. The van der Waals surface area contributed by atoms with Gasteiger partial charge in [0.2, 0.25) is 5.60 Å². The maximum Gasteiger partial charge on any atom is 0.432 e. The number of rotatable bonds is 3. The van der Waals surface area contributed by atoms with E-state index in [-0.39, 0.29) is 11.1 Å². The third-order valence-electron chi connectivity index (χ3n) is 2.65. The highest BCUT2D eigenvalue weighted by atomic mass is 79.9. The van der Waals surface area contributed by atoms with Gasteiger partial charge in [-0.05, 0) is 18.8 Å². The summed E-state index contributed by atoms with van der Waals surface area (Å²) in [6.45, 7) is 2.20. The second-order valence-electron chi connectivity index (χ2n) is 4.08. The van der Waals surface area contributed by atoms with Crippen LogP contribution in [0.25, 0.3) is 0 Å². The molecule has 0 saturated heterocycles. The number of carbonyl (C=O) groups excluding carboxylic acids is 1. The summed E-state index contributed by atoms with van der Waals surface area (Å²) in [5, 5.41) is 0. The summed E-state index contributed by atoms with van der Waals surface area (Å²) in [6, 6.07) is 7.05. The summed E-state index contributed by atoms with van der Waals surface area (Å²) < 4.78 is 44.3. The normalized spacial score (nSPS) is 15.8. The smallest absolute Gasteiger partial charge is 0.432 e. The van der Waals surface area contributed by atoms with Crippen LogP contribution in [0.15, 0.2) is 40.9 Å². The molecule has 104 valence electrons. The number of ether oxygens (including phenoxy) is 1. The van der Waals surface area contributed by atoms with Gasteiger partial charge in [0.1, 0.15) is 0 Å². The van der Waals surface area contributed by atoms with Crippen molar-refractivity contribution in [1.82, 2.24) is 0 Å². The first-order valence-electron chi connectivity index (χ1n) is 5.35. The van der Waals surface area contributed by atoms with Crippen molar-refractivity contribution < 1.29 is 22.7 Å². The van der Waals surface area contributed by atoms with Crippen LogP contribution in [0.3, 0.4) is 0 Å². The molecule has 0 spiro atoms. The first-order chi connectivity index (χ1) is 8.72. The monoisotopic (exact) mass is 336 g/mol. The lowest BCUT2D eigenvalue weighted by Gasteiger charge is -2.32. The van der Waals surface area contributed by atoms with Crippen LogP contribution in [0.4, 0.5) is 13.2 Å². The molecule has 1 unspecified atom stereocenters. The summed E-state index contributed by atoms with van der Waals surface area (Å²) >= 11 is 2.89. The highest BCUT2D eigenvalue weighted by Gasteiger charge is 2.56. The van der Waals surface area contributed by atoms with E-state index in [1.54, 1.807) is 6.07 Å². The molecule has 0 aliphatic rings. The van der Waals surface area contributed by atoms with Gasteiger partial charge in [0.05, 0.1) is 0 Å². The van der Waals surface area contributed by atoms with E-state index in [1.165, 1.54) is 36.2 Å². The van der Waals surface area contributed by atoms with Crippen LogP contribution in [0.2, 0.25) is 0 Å². The first-order valence-corrected chi connectivity index (χ1v) is 6.26. The summed E-state index contributed by atoms with van der Waals surface area (Å²) in [6.07, 6.45) is -4.71. The van der Waals surface area contributed by atoms with Crippen molar-refractivity contribution in [3.8, 4) is 0 Å². The fraction of sp³-hybridized carbons (Fsp3) is 0.308. The molecular weight excluding hydrogens is 325 g/mol. The van der Waals surface area contributed by atoms with Gasteiger partial charge in [-0.3, -0.25) is 0 Å². The van der Waals surface area contributed by atoms with Crippen molar-refractivity contribution in [3.63, 3.8) is 0 Å². The summed E-state index contributed by atoms with van der Waals surface area (Å²) in [5.74, 6) is -1.03. The standard InChI is InChI=1S/C13H12BrF3O2/c1-9(8-14)11(18)19-12(2,13(15,16)17)10-6-4-3-5-7-10/h3-8H,1-2H3/b9-8+. The van der Waals surface area contributed by atoms with Crippen molar-refractivity contribution >= 4 is 21.9 Å². The summed E-state index contributed by atoms with van der Waals surface area (Å²) in [5.41, 5.74) is -2.76. The molecule has 19 heavy (non-hydrogen) atoms. The molecule has 0 amide bonds. The van der Waals surface area contributed by atoms with Crippen LogP contribution in [0, 0.1) is 0 Å². The number of carbonyl (C=O) groups is 1. The van der Waals surface area contributed by atoms with Gasteiger partial charge < -0.3 is 4.74 Å². The molecule has 0 aromatic heterocycles. The Morgan fingerprint density at radius 3 is 2.21 bits per heavy atom. The second kappa shape index (κ2) is 5.77. The van der Waals surface area contributed by atoms with E-state index in [1.807, 2.05) is 0 Å². The van der Waals surface area contributed by atoms with Gasteiger partial charge in [-0.15, -0.1) is 0 Å². The first kappa shape index (κ1) is 15.8. The second-order valence-corrected chi connectivity index (χ2v) is 4.54. The van der Waals surface area contributed by atoms with Gasteiger partial charge in [-0.25, -0.2) is 4.79 Å². The van der Waals surface area contributed by atoms with Crippen molar-refractivity contribution in [2.75, 3.05) is 0 Å². The minimum atomic E-state index is -4.71. The van der Waals surface area contributed by atoms with E-state index in [4.69, 9.17) is 0 Å². The Bertz CT molecular complexity index is 482. The Balaban J connectivity index is 3.20. The lowest BCUT2D eigenvalue weighted by Crippen LogP contribution is -2.43. The molecule has 0 radical (unpaired) electrons. The Morgan fingerprint density at radius 1 is 1.26 bits per heavy atom. The molecule has 1 rings (SSSR count). The largest absolute Gasteiger partial charge is 0.441 e. The van der Waals surface area contributed by atoms with Crippen LogP contribution in [0.1, 0.15) is 19.4 Å². The molecule has 0 saturated carbocycles. The summed E-state index contributed by atoms with van der Waals surface area (Å²) in [4.78, 5) is 12.8. The SMILES string of the molecule is C/C(=C\Br)C(=O)OC(C)(c1ccccc1)C(F)(F)F. The van der Waals surface area contributed by atoms with Gasteiger partial charge in [0.25, 0.3) is 0 Å². The average molecular weight is 337 g/mol. The third-order valence-corrected chi connectivity index (χ3v) is 3.33. The van der Waals surface area contributed by atoms with Gasteiger partial charge >= 0.3 is 12.1 Å². The van der Waals surface area contributed by atoms with Crippen LogP contribution < -0.4 is 0 Å². The van der Waals surface area contributed by atoms with E-state index in [0.29, 0.717) is 0 Å². The molecule has 0 bridgehead atoms. The van der Waals surface area contributed by atoms with Crippen molar-refractivity contribution in [2.24, 2.45) is 0 Å². The molecule has 0 aliphatic heterocycles. The van der Waals surface area contributed by atoms with Crippen molar-refractivity contribution in [2.45, 2.75) is 25.6 Å². The fourth-order valence-corrected chi connectivity index (χ4v) is 1.53. The van der Waals surface area contributed by atoms with Crippen LogP contribution in [-0.2, 0) is 15.1 Å². The number of alkyl halides is 3. The molecule has 0 fully saturated rings. The molecule has 2 nitrogen and oxygen atoms in total. The number of halogens is 4. The van der Waals surface area contributed by atoms with Gasteiger partial charge in [0, 0.05) is 11.1 Å². The quantitative estimate of drug-likeness (QED) is 0.607. The fourth-order valence-electron chi connectivity index (χ4n) is 1.35. The van der Waals surface area contributed by atoms with Crippen LogP contribution in [-0.4, -0.2) is 12.1 Å². The average Bonchev–Trinajstić information content (AvgIpc) is 2.37. The molecule has 0 heterocycles. The van der Waals surface area contributed by atoms with E-state index in [0.717, 1.165) is 6.92 Å². The van der Waals surface area contributed by atoms with E-state index in [2.05, 4.69) is 20.7 Å². The Labute approximate surface area is 117 Å². The molecule has 1 aromatic rings. The van der Waals surface area contributed by atoms with E-state index < -0.39 is 17.7 Å². The predicted octanol–water partition coefficient (Wildman–Crippen LogP) is 4.31. The lowest BCUT2D eigenvalue weighted by molar-refractivity contribution is -0.268. The van der Waals surface area contributed by atoms with Crippen LogP contribution in [0.5, 0.6) is 0 Å². The zero-order valence-corrected chi connectivity index (χ0v) is 11.9. The topological polar surface area (TPSA) is 26.3 Å². The van der Waals surface area contributed by atoms with Gasteiger partial charge in [0.15, 0.2) is 0 Å². The molecule has 0 aliphatic carbocycles. The lowest BCUT2D eigenvalue weighted by atomic mass is 9.95. The minimum absolute atomic E-state index is 0.0476. The van der Waals surface area contributed by atoms with Crippen molar-refractivity contribution in [1.29, 1.82) is 0 Å². The number of esters is 1. The van der Waals surface area contributed by atoms with E-state index in [9.17, 15) is 18.0 Å². The Morgan fingerprint density at radius 2 is 1.79 bits per heavy atom. The van der Waals surface area contributed by atoms with Crippen molar-refractivity contribution in [3.05, 3.63) is 46.5 Å². The predicted molar refractivity (Wildman–Crippen MR) is 68.6 cm³/mol. The number of hydrogen-bond acceptors (Lipinski definition) is 2. The minimum Gasteiger partial charge on any atom is -0.441 e. The third kappa shape index (κ3) is 3.37. The maximum absolute atomic E-state index is 13.2. The highest BCUT2D eigenvalue weighted by molar-refractivity contribution is 9.11. The molecule has 1 aromatic carbocycles. The molecule has 1 atom stereocenters. The van der Waals surface area contributed by atoms with Crippen LogP contribution >= 0.6 is 15.9 Å².